The molecule has 6 nitrogen and oxygen atoms in total. The van der Waals surface area contributed by atoms with E-state index in [1.54, 1.807) is 7.11 Å². The largest absolute Gasteiger partial charge is 0.497 e. The molecule has 0 saturated carbocycles. The van der Waals surface area contributed by atoms with E-state index in [1.165, 1.54) is 5.56 Å². The SMILES string of the molecule is COc1ccc(CNC(=O)CN(Cc2ccccc2)C(C)CN2CCOCC2)cc1. The minimum absolute atomic E-state index is 0.0376. The van der Waals surface area contributed by atoms with Gasteiger partial charge in [0, 0.05) is 38.8 Å². The zero-order valence-corrected chi connectivity index (χ0v) is 18.0. The lowest BCUT2D eigenvalue weighted by molar-refractivity contribution is -0.123. The van der Waals surface area contributed by atoms with Crippen molar-refractivity contribution in [3.63, 3.8) is 0 Å². The number of nitrogens with one attached hydrogen (secondary N) is 1. The molecule has 0 aliphatic carbocycles. The topological polar surface area (TPSA) is 54.0 Å². The zero-order chi connectivity index (χ0) is 21.2. The number of benzene rings is 2. The lowest BCUT2D eigenvalue weighted by atomic mass is 10.1. The molecular weight excluding hydrogens is 378 g/mol. The normalized spacial score (nSPS) is 15.7. The van der Waals surface area contributed by atoms with Crippen molar-refractivity contribution in [3.05, 3.63) is 65.7 Å². The van der Waals surface area contributed by atoms with E-state index in [0.29, 0.717) is 13.1 Å². The first-order valence-corrected chi connectivity index (χ1v) is 10.6. The van der Waals surface area contributed by atoms with E-state index in [4.69, 9.17) is 9.47 Å². The first kappa shape index (κ1) is 22.3. The fraction of sp³-hybridized carbons (Fsp3) is 0.458. The Kier molecular flexibility index (Phi) is 8.68. The molecule has 1 heterocycles. The van der Waals surface area contributed by atoms with Crippen molar-refractivity contribution < 1.29 is 14.3 Å². The van der Waals surface area contributed by atoms with Gasteiger partial charge in [0.05, 0.1) is 26.9 Å². The number of ether oxygens (including phenoxy) is 2. The van der Waals surface area contributed by atoms with Crippen LogP contribution in [0.3, 0.4) is 0 Å². The number of amides is 1. The molecule has 30 heavy (non-hydrogen) atoms. The molecule has 3 rings (SSSR count). The number of hydrogen-bond acceptors (Lipinski definition) is 5. The van der Waals surface area contributed by atoms with Crippen LogP contribution in [-0.4, -0.2) is 68.3 Å². The fourth-order valence-corrected chi connectivity index (χ4v) is 3.64. The summed E-state index contributed by atoms with van der Waals surface area (Å²) in [5.74, 6) is 0.853. The number of carbonyl (C=O) groups is 1. The smallest absolute Gasteiger partial charge is 0.234 e. The Morgan fingerprint density at radius 1 is 1.10 bits per heavy atom. The first-order chi connectivity index (χ1) is 14.6. The summed E-state index contributed by atoms with van der Waals surface area (Å²) in [6, 6.07) is 18.4. The molecule has 1 amide bonds. The fourth-order valence-electron chi connectivity index (χ4n) is 3.64. The zero-order valence-electron chi connectivity index (χ0n) is 18.0. The van der Waals surface area contributed by atoms with Crippen molar-refractivity contribution in [1.82, 2.24) is 15.1 Å². The Hall–Kier alpha value is -2.41. The predicted molar refractivity (Wildman–Crippen MR) is 118 cm³/mol. The lowest BCUT2D eigenvalue weighted by Gasteiger charge is -2.34. The molecule has 0 bridgehead atoms. The van der Waals surface area contributed by atoms with Gasteiger partial charge in [-0.05, 0) is 30.2 Å². The first-order valence-electron chi connectivity index (χ1n) is 10.6. The molecule has 0 radical (unpaired) electrons. The van der Waals surface area contributed by atoms with Crippen LogP contribution in [0.15, 0.2) is 54.6 Å². The third kappa shape index (κ3) is 7.13. The molecule has 2 aromatic carbocycles. The van der Waals surface area contributed by atoms with Crippen LogP contribution < -0.4 is 10.1 Å². The average molecular weight is 412 g/mol. The molecule has 1 unspecified atom stereocenters. The maximum absolute atomic E-state index is 12.7. The summed E-state index contributed by atoms with van der Waals surface area (Å²) in [5.41, 5.74) is 2.27. The summed E-state index contributed by atoms with van der Waals surface area (Å²) < 4.78 is 10.7. The molecule has 0 spiro atoms. The van der Waals surface area contributed by atoms with Crippen molar-refractivity contribution in [1.29, 1.82) is 0 Å². The summed E-state index contributed by atoms with van der Waals surface area (Å²) in [4.78, 5) is 17.4. The van der Waals surface area contributed by atoms with E-state index in [1.807, 2.05) is 42.5 Å². The van der Waals surface area contributed by atoms with Crippen molar-refractivity contribution in [3.8, 4) is 5.75 Å². The molecule has 0 aromatic heterocycles. The van der Waals surface area contributed by atoms with Crippen LogP contribution >= 0.6 is 0 Å². The minimum atomic E-state index is 0.0376. The Balaban J connectivity index is 1.57. The van der Waals surface area contributed by atoms with E-state index in [-0.39, 0.29) is 11.9 Å². The van der Waals surface area contributed by atoms with Gasteiger partial charge in [-0.25, -0.2) is 0 Å². The van der Waals surface area contributed by atoms with Crippen molar-refractivity contribution in [2.24, 2.45) is 0 Å². The highest BCUT2D eigenvalue weighted by atomic mass is 16.5. The van der Waals surface area contributed by atoms with Gasteiger partial charge >= 0.3 is 0 Å². The molecule has 1 aliphatic rings. The molecule has 1 saturated heterocycles. The van der Waals surface area contributed by atoms with Gasteiger partial charge in [-0.1, -0.05) is 42.5 Å². The van der Waals surface area contributed by atoms with Crippen LogP contribution in [0.4, 0.5) is 0 Å². The van der Waals surface area contributed by atoms with Gasteiger partial charge in [-0.3, -0.25) is 14.6 Å². The van der Waals surface area contributed by atoms with Crippen LogP contribution in [0.1, 0.15) is 18.1 Å². The molecule has 1 atom stereocenters. The molecule has 1 aliphatic heterocycles. The predicted octanol–water partition coefficient (Wildman–Crippen LogP) is 2.53. The van der Waals surface area contributed by atoms with Crippen molar-refractivity contribution >= 4 is 5.91 Å². The molecular formula is C24H33N3O3. The molecule has 6 heteroatoms. The van der Waals surface area contributed by atoms with E-state index in [2.05, 4.69) is 34.2 Å². The standard InChI is InChI=1S/C24H33N3O3/c1-20(17-26-12-14-30-15-13-26)27(18-22-6-4-3-5-7-22)19-24(28)25-16-21-8-10-23(29-2)11-9-21/h3-11,20H,12-19H2,1-2H3,(H,25,28). The third-order valence-corrected chi connectivity index (χ3v) is 5.47. The summed E-state index contributed by atoms with van der Waals surface area (Å²) in [6.45, 7) is 8.25. The maximum atomic E-state index is 12.7. The monoisotopic (exact) mass is 411 g/mol. The van der Waals surface area contributed by atoms with Crippen LogP contribution in [0.5, 0.6) is 5.75 Å². The highest BCUT2D eigenvalue weighted by Crippen LogP contribution is 2.12. The minimum Gasteiger partial charge on any atom is -0.497 e. The number of rotatable bonds is 10. The van der Waals surface area contributed by atoms with Crippen molar-refractivity contribution in [2.45, 2.75) is 26.1 Å². The van der Waals surface area contributed by atoms with Gasteiger partial charge in [0.15, 0.2) is 0 Å². The van der Waals surface area contributed by atoms with Gasteiger partial charge in [-0.15, -0.1) is 0 Å². The second-order valence-corrected chi connectivity index (χ2v) is 7.78. The van der Waals surface area contributed by atoms with Gasteiger partial charge in [0.25, 0.3) is 0 Å². The molecule has 162 valence electrons. The maximum Gasteiger partial charge on any atom is 0.234 e. The number of methoxy groups -OCH3 is 1. The number of carbonyl (C=O) groups excluding carboxylic acids is 1. The van der Waals surface area contributed by atoms with E-state index in [0.717, 1.165) is 50.7 Å². The van der Waals surface area contributed by atoms with E-state index < -0.39 is 0 Å². The highest BCUT2D eigenvalue weighted by Gasteiger charge is 2.21. The van der Waals surface area contributed by atoms with Crippen molar-refractivity contribution in [2.75, 3.05) is 46.5 Å². The van der Waals surface area contributed by atoms with E-state index in [9.17, 15) is 4.79 Å². The van der Waals surface area contributed by atoms with Gasteiger partial charge in [-0.2, -0.15) is 0 Å². The molecule has 1 N–H and O–H groups in total. The quantitative estimate of drug-likeness (QED) is 0.651. The van der Waals surface area contributed by atoms with E-state index >= 15 is 0 Å². The average Bonchev–Trinajstić information content (AvgIpc) is 2.79. The number of hydrogen-bond donors (Lipinski definition) is 1. The Labute approximate surface area is 179 Å². The van der Waals surface area contributed by atoms with Crippen LogP contribution in [0, 0.1) is 0 Å². The summed E-state index contributed by atoms with van der Waals surface area (Å²) in [7, 11) is 1.65. The Bertz CT molecular complexity index is 761. The summed E-state index contributed by atoms with van der Waals surface area (Å²) in [5, 5.41) is 3.06. The molecule has 1 fully saturated rings. The highest BCUT2D eigenvalue weighted by molar-refractivity contribution is 5.78. The van der Waals surface area contributed by atoms with Crippen LogP contribution in [-0.2, 0) is 22.6 Å². The number of nitrogens with zero attached hydrogens (tertiary/aromatic N) is 2. The Morgan fingerprint density at radius 3 is 2.47 bits per heavy atom. The van der Waals surface area contributed by atoms with Gasteiger partial charge < -0.3 is 14.8 Å². The summed E-state index contributed by atoms with van der Waals surface area (Å²) >= 11 is 0. The lowest BCUT2D eigenvalue weighted by Crippen LogP contribution is -2.48. The molecule has 2 aromatic rings. The van der Waals surface area contributed by atoms with Crippen LogP contribution in [0.25, 0.3) is 0 Å². The Morgan fingerprint density at radius 2 is 1.80 bits per heavy atom. The number of morpholine rings is 1. The van der Waals surface area contributed by atoms with Crippen LogP contribution in [0.2, 0.25) is 0 Å². The summed E-state index contributed by atoms with van der Waals surface area (Å²) in [6.07, 6.45) is 0. The third-order valence-electron chi connectivity index (χ3n) is 5.47. The second-order valence-electron chi connectivity index (χ2n) is 7.78. The van der Waals surface area contributed by atoms with Gasteiger partial charge in [0.1, 0.15) is 5.75 Å². The second kappa shape index (κ2) is 11.7. The van der Waals surface area contributed by atoms with Gasteiger partial charge in [0.2, 0.25) is 5.91 Å².